The molecule has 0 aromatic heterocycles. The first kappa shape index (κ1) is 22.8. The molecule has 0 aliphatic carbocycles. The molecule has 0 amide bonds. The molecule has 142 valence electrons. The summed E-state index contributed by atoms with van der Waals surface area (Å²) in [5, 5.41) is 18.3. The number of aliphatic hydroxyl groups excluding tert-OH is 2. The molecule has 8 heteroatoms. The van der Waals surface area contributed by atoms with Gasteiger partial charge in [0.05, 0.1) is 39.3 Å². The summed E-state index contributed by atoms with van der Waals surface area (Å²) in [4.78, 5) is 26.8. The van der Waals surface area contributed by atoms with Gasteiger partial charge in [-0.2, -0.15) is 0 Å². The van der Waals surface area contributed by atoms with E-state index < -0.39 is 0 Å². The first-order valence-electron chi connectivity index (χ1n) is 8.54. The quantitative estimate of drug-likeness (QED) is 0.382. The van der Waals surface area contributed by atoms with Crippen LogP contribution in [0.1, 0.15) is 26.7 Å². The Labute approximate surface area is 144 Å². The molecule has 8 nitrogen and oxygen atoms in total. The van der Waals surface area contributed by atoms with Gasteiger partial charge in [0.15, 0.2) is 0 Å². The van der Waals surface area contributed by atoms with E-state index in [0.29, 0.717) is 52.5 Å². The van der Waals surface area contributed by atoms with E-state index in [4.69, 9.17) is 19.7 Å². The molecule has 0 bridgehead atoms. The summed E-state index contributed by atoms with van der Waals surface area (Å²) in [6.45, 7) is 7.44. The number of ether oxygens (including phenoxy) is 2. The average Bonchev–Trinajstić information content (AvgIpc) is 2.55. The van der Waals surface area contributed by atoms with Crippen LogP contribution in [0.25, 0.3) is 0 Å². The van der Waals surface area contributed by atoms with Crippen LogP contribution in [0.2, 0.25) is 0 Å². The third-order valence-corrected chi connectivity index (χ3v) is 3.44. The van der Waals surface area contributed by atoms with Crippen LogP contribution >= 0.6 is 0 Å². The fraction of sp³-hybridized carbons (Fsp3) is 0.875. The molecule has 0 radical (unpaired) electrons. The normalized spacial score (nSPS) is 11.1. The van der Waals surface area contributed by atoms with E-state index in [0.717, 1.165) is 0 Å². The highest BCUT2D eigenvalue weighted by atomic mass is 16.5. The lowest BCUT2D eigenvalue weighted by Gasteiger charge is -2.26. The summed E-state index contributed by atoms with van der Waals surface area (Å²) in [5.74, 6) is -0.509. The van der Waals surface area contributed by atoms with E-state index in [2.05, 4.69) is 0 Å². The van der Waals surface area contributed by atoms with Crippen molar-refractivity contribution >= 4 is 11.9 Å². The summed E-state index contributed by atoms with van der Waals surface area (Å²) in [7, 11) is 0. The van der Waals surface area contributed by atoms with E-state index in [1.165, 1.54) is 0 Å². The Balaban J connectivity index is 4.26. The monoisotopic (exact) mass is 348 g/mol. The van der Waals surface area contributed by atoms with Gasteiger partial charge in [-0.25, -0.2) is 0 Å². The third kappa shape index (κ3) is 12.2. The van der Waals surface area contributed by atoms with Crippen LogP contribution < -0.4 is 0 Å². The number of hydrogen-bond donors (Lipinski definition) is 2. The van der Waals surface area contributed by atoms with Crippen molar-refractivity contribution in [1.29, 1.82) is 0 Å². The molecule has 0 aromatic rings. The molecule has 0 unspecified atom stereocenters. The molecule has 0 heterocycles. The van der Waals surface area contributed by atoms with E-state index in [1.54, 1.807) is 13.8 Å². The number of carbonyl (C=O) groups excluding carboxylic acids is 2. The minimum atomic E-state index is -0.255. The molecule has 0 fully saturated rings. The second-order valence-electron chi connectivity index (χ2n) is 5.24. The zero-order valence-corrected chi connectivity index (χ0v) is 14.9. The molecule has 0 aliphatic heterocycles. The van der Waals surface area contributed by atoms with Gasteiger partial charge in [-0.1, -0.05) is 0 Å². The lowest BCUT2D eigenvalue weighted by atomic mass is 10.3. The standard InChI is InChI=1S/C16H32N2O6/c1-3-23-15(21)5-7-17(11-13-19)9-10-18(12-14-20)8-6-16(22)24-4-2/h19-20H,3-14H2,1-2H3. The van der Waals surface area contributed by atoms with Gasteiger partial charge in [0, 0.05) is 39.3 Å². The van der Waals surface area contributed by atoms with Crippen molar-refractivity contribution in [3.63, 3.8) is 0 Å². The van der Waals surface area contributed by atoms with Crippen LogP contribution in [-0.4, -0.2) is 97.6 Å². The predicted octanol–water partition coefficient (Wildman–Crippen LogP) is -0.519. The molecular formula is C16H32N2O6. The number of carbonyl (C=O) groups is 2. The number of aliphatic hydroxyl groups is 2. The first-order valence-corrected chi connectivity index (χ1v) is 8.54. The second-order valence-corrected chi connectivity index (χ2v) is 5.24. The van der Waals surface area contributed by atoms with Gasteiger partial charge < -0.3 is 19.7 Å². The lowest BCUT2D eigenvalue weighted by molar-refractivity contribution is -0.144. The van der Waals surface area contributed by atoms with Crippen molar-refractivity contribution in [3.05, 3.63) is 0 Å². The maximum absolute atomic E-state index is 11.4. The molecule has 0 spiro atoms. The number of nitrogens with zero attached hydrogens (tertiary/aromatic N) is 2. The molecule has 0 aliphatic rings. The maximum atomic E-state index is 11.4. The highest BCUT2D eigenvalue weighted by Crippen LogP contribution is 1.99. The van der Waals surface area contributed by atoms with Gasteiger partial charge in [0.25, 0.3) is 0 Å². The highest BCUT2D eigenvalue weighted by Gasteiger charge is 2.13. The van der Waals surface area contributed by atoms with Crippen LogP contribution in [-0.2, 0) is 19.1 Å². The van der Waals surface area contributed by atoms with E-state index >= 15 is 0 Å². The van der Waals surface area contributed by atoms with E-state index in [-0.39, 0.29) is 38.0 Å². The second kappa shape index (κ2) is 15.3. The predicted molar refractivity (Wildman–Crippen MR) is 89.6 cm³/mol. The number of hydrogen-bond acceptors (Lipinski definition) is 8. The Morgan fingerprint density at radius 3 is 1.38 bits per heavy atom. The average molecular weight is 348 g/mol. The Bertz CT molecular complexity index is 309. The van der Waals surface area contributed by atoms with Gasteiger partial charge >= 0.3 is 11.9 Å². The Morgan fingerprint density at radius 2 is 1.08 bits per heavy atom. The third-order valence-electron chi connectivity index (χ3n) is 3.44. The van der Waals surface area contributed by atoms with Crippen LogP contribution in [0, 0.1) is 0 Å². The number of esters is 2. The fourth-order valence-electron chi connectivity index (χ4n) is 2.20. The summed E-state index contributed by atoms with van der Waals surface area (Å²) in [6.07, 6.45) is 0.549. The molecule has 0 atom stereocenters. The van der Waals surface area contributed by atoms with Crippen molar-refractivity contribution in [3.8, 4) is 0 Å². The fourth-order valence-corrected chi connectivity index (χ4v) is 2.20. The van der Waals surface area contributed by atoms with Crippen LogP contribution in [0.15, 0.2) is 0 Å². The smallest absolute Gasteiger partial charge is 0.307 e. The minimum absolute atomic E-state index is 0.00561. The first-order chi connectivity index (χ1) is 11.6. The van der Waals surface area contributed by atoms with Gasteiger partial charge in [0.1, 0.15) is 0 Å². The van der Waals surface area contributed by atoms with Gasteiger partial charge in [-0.05, 0) is 13.8 Å². The van der Waals surface area contributed by atoms with Crippen LogP contribution in [0.5, 0.6) is 0 Å². The van der Waals surface area contributed by atoms with Gasteiger partial charge in [0.2, 0.25) is 0 Å². The topological polar surface area (TPSA) is 99.5 Å². The SMILES string of the molecule is CCOC(=O)CCN(CCO)CCN(CCO)CCC(=O)OCC. The van der Waals surface area contributed by atoms with Crippen molar-refractivity contribution in [1.82, 2.24) is 9.80 Å². The Kier molecular flexibility index (Phi) is 14.5. The highest BCUT2D eigenvalue weighted by molar-refractivity contribution is 5.69. The molecule has 2 N–H and O–H groups in total. The zero-order chi connectivity index (χ0) is 18.2. The van der Waals surface area contributed by atoms with Crippen molar-refractivity contribution in [2.24, 2.45) is 0 Å². The largest absolute Gasteiger partial charge is 0.466 e. The van der Waals surface area contributed by atoms with Gasteiger partial charge in [-0.15, -0.1) is 0 Å². The summed E-state index contributed by atoms with van der Waals surface area (Å²) in [6, 6.07) is 0. The summed E-state index contributed by atoms with van der Waals surface area (Å²) >= 11 is 0. The van der Waals surface area contributed by atoms with E-state index in [1.807, 2.05) is 9.80 Å². The number of rotatable bonds is 15. The molecule has 0 saturated carbocycles. The van der Waals surface area contributed by atoms with Crippen molar-refractivity contribution in [2.45, 2.75) is 26.7 Å². The van der Waals surface area contributed by atoms with Crippen LogP contribution in [0.4, 0.5) is 0 Å². The zero-order valence-electron chi connectivity index (χ0n) is 14.9. The molecule has 0 aromatic carbocycles. The van der Waals surface area contributed by atoms with Crippen molar-refractivity contribution in [2.75, 3.05) is 65.7 Å². The molecule has 24 heavy (non-hydrogen) atoms. The lowest BCUT2D eigenvalue weighted by Crippen LogP contribution is -2.39. The Hall–Kier alpha value is -1.22. The van der Waals surface area contributed by atoms with Crippen molar-refractivity contribution < 1.29 is 29.3 Å². The summed E-state index contributed by atoms with van der Waals surface area (Å²) < 4.78 is 9.80. The Morgan fingerprint density at radius 1 is 0.708 bits per heavy atom. The minimum Gasteiger partial charge on any atom is -0.466 e. The molecular weight excluding hydrogens is 316 g/mol. The molecule has 0 saturated heterocycles. The maximum Gasteiger partial charge on any atom is 0.307 e. The molecule has 0 rings (SSSR count). The van der Waals surface area contributed by atoms with Gasteiger partial charge in [-0.3, -0.25) is 19.4 Å². The summed E-state index contributed by atoms with van der Waals surface area (Å²) in [5.41, 5.74) is 0. The van der Waals surface area contributed by atoms with Crippen LogP contribution in [0.3, 0.4) is 0 Å². The van der Waals surface area contributed by atoms with E-state index in [9.17, 15) is 9.59 Å².